The lowest BCUT2D eigenvalue weighted by atomic mass is 10.0. The summed E-state index contributed by atoms with van der Waals surface area (Å²) in [6.45, 7) is 13.9. The highest BCUT2D eigenvalue weighted by atomic mass is 31.2. The van der Waals surface area contributed by atoms with E-state index in [0.717, 1.165) is 102 Å². The smallest absolute Gasteiger partial charge is 0.462 e. The highest BCUT2D eigenvalue weighted by molar-refractivity contribution is 7.47. The van der Waals surface area contributed by atoms with Crippen LogP contribution in [0.15, 0.2) is 0 Å². The number of aliphatic hydroxyl groups excluding tert-OH is 1. The largest absolute Gasteiger partial charge is 0.472 e. The molecule has 0 aliphatic heterocycles. The average Bonchev–Trinajstić information content (AvgIpc) is 3.43. The number of hydrogen-bond acceptors (Lipinski definition) is 15. The molecule has 492 valence electrons. The normalized spacial score (nSPS) is 14.4. The van der Waals surface area contributed by atoms with Crippen LogP contribution in [0.5, 0.6) is 0 Å². The zero-order chi connectivity index (χ0) is 61.8. The standard InChI is InChI=1S/C64H124O17P2/c1-54(2)40-32-24-16-10-9-11-20-28-36-44-61(66)74-50-59(80-63(68)46-38-30-22-14-18-26-34-42-56(5)6)52-78-82(70,71)76-48-58(65)49-77-83(72,73)79-53-60(81-64(69)47-39-31-23-15-19-27-35-43-57(7)8)51-75-62(67)45-37-29-21-13-12-17-25-33-41-55(3)4/h54-60,65H,9-53H2,1-8H3,(H,70,71)(H,72,73)/t58?,59-,60-/m1/s1. The third kappa shape index (κ3) is 58.8. The summed E-state index contributed by atoms with van der Waals surface area (Å²) in [4.78, 5) is 72.2. The summed E-state index contributed by atoms with van der Waals surface area (Å²) in [5, 5.41) is 10.5. The lowest BCUT2D eigenvalue weighted by molar-refractivity contribution is -0.161. The molecule has 0 radical (unpaired) electrons. The minimum absolute atomic E-state index is 0.102. The molecule has 3 N–H and O–H groups in total. The fourth-order valence-corrected chi connectivity index (χ4v) is 11.0. The number of unbranched alkanes of at least 4 members (excludes halogenated alkanes) is 27. The molecular weight excluding hydrogens is 1100 g/mol. The average molecular weight is 1230 g/mol. The summed E-state index contributed by atoms with van der Waals surface area (Å²) >= 11 is 0. The molecule has 0 aliphatic rings. The lowest BCUT2D eigenvalue weighted by Gasteiger charge is -2.21. The molecule has 0 heterocycles. The molecule has 0 bridgehead atoms. The van der Waals surface area contributed by atoms with Crippen molar-refractivity contribution in [1.82, 2.24) is 0 Å². The lowest BCUT2D eigenvalue weighted by Crippen LogP contribution is -2.30. The van der Waals surface area contributed by atoms with Gasteiger partial charge >= 0.3 is 39.5 Å². The first-order chi connectivity index (χ1) is 39.6. The van der Waals surface area contributed by atoms with Crippen LogP contribution in [-0.4, -0.2) is 96.7 Å². The van der Waals surface area contributed by atoms with Crippen LogP contribution in [-0.2, 0) is 65.4 Å². The number of carbonyl (C=O) groups is 4. The van der Waals surface area contributed by atoms with Gasteiger partial charge in [-0.3, -0.25) is 37.3 Å². The highest BCUT2D eigenvalue weighted by Crippen LogP contribution is 2.45. The van der Waals surface area contributed by atoms with E-state index < -0.39 is 97.5 Å². The number of rotatable bonds is 61. The van der Waals surface area contributed by atoms with Gasteiger partial charge in [0.2, 0.25) is 0 Å². The molecule has 0 aromatic rings. The maximum Gasteiger partial charge on any atom is 0.472 e. The number of phosphoric ester groups is 2. The second-order valence-corrected chi connectivity index (χ2v) is 28.0. The third-order valence-electron chi connectivity index (χ3n) is 14.6. The molecule has 0 amide bonds. The number of carbonyl (C=O) groups excluding carboxylic acids is 4. The Hall–Kier alpha value is -1.94. The molecule has 19 heteroatoms. The molecule has 0 saturated carbocycles. The zero-order valence-corrected chi connectivity index (χ0v) is 55.6. The second-order valence-electron chi connectivity index (χ2n) is 25.1. The van der Waals surface area contributed by atoms with E-state index in [-0.39, 0.29) is 25.7 Å². The Morgan fingerprint density at radius 3 is 0.747 bits per heavy atom. The van der Waals surface area contributed by atoms with Gasteiger partial charge in [-0.05, 0) is 49.4 Å². The van der Waals surface area contributed by atoms with E-state index >= 15 is 0 Å². The van der Waals surface area contributed by atoms with Crippen molar-refractivity contribution in [2.24, 2.45) is 23.7 Å². The third-order valence-corrected chi connectivity index (χ3v) is 16.5. The van der Waals surface area contributed by atoms with E-state index in [2.05, 4.69) is 55.4 Å². The van der Waals surface area contributed by atoms with Crippen molar-refractivity contribution < 1.29 is 80.2 Å². The van der Waals surface area contributed by atoms with Crippen molar-refractivity contribution in [3.05, 3.63) is 0 Å². The summed E-state index contributed by atoms with van der Waals surface area (Å²) in [6, 6.07) is 0. The van der Waals surface area contributed by atoms with Crippen LogP contribution in [0.4, 0.5) is 0 Å². The van der Waals surface area contributed by atoms with Crippen molar-refractivity contribution in [2.75, 3.05) is 39.6 Å². The molecule has 0 saturated heterocycles. The maximum absolute atomic E-state index is 13.0. The van der Waals surface area contributed by atoms with E-state index in [4.69, 9.17) is 37.0 Å². The first kappa shape index (κ1) is 81.1. The number of aliphatic hydroxyl groups is 1. The first-order valence-electron chi connectivity index (χ1n) is 33.2. The van der Waals surface area contributed by atoms with Crippen LogP contribution in [0.2, 0.25) is 0 Å². The Kier molecular flexibility index (Phi) is 53.0. The molecule has 0 aliphatic carbocycles. The minimum Gasteiger partial charge on any atom is -0.462 e. The molecule has 17 nitrogen and oxygen atoms in total. The van der Waals surface area contributed by atoms with Gasteiger partial charge in [0.05, 0.1) is 26.4 Å². The predicted molar refractivity (Wildman–Crippen MR) is 331 cm³/mol. The molecule has 0 spiro atoms. The summed E-state index contributed by atoms with van der Waals surface area (Å²) in [7, 11) is -9.89. The fourth-order valence-electron chi connectivity index (χ4n) is 9.43. The maximum atomic E-state index is 13.0. The Balaban J connectivity index is 5.24. The van der Waals surface area contributed by atoms with Crippen molar-refractivity contribution in [1.29, 1.82) is 0 Å². The van der Waals surface area contributed by atoms with Gasteiger partial charge in [0, 0.05) is 25.7 Å². The van der Waals surface area contributed by atoms with Gasteiger partial charge in [0.15, 0.2) is 12.2 Å². The van der Waals surface area contributed by atoms with Gasteiger partial charge in [0.1, 0.15) is 19.3 Å². The molecule has 0 rings (SSSR count). The van der Waals surface area contributed by atoms with Crippen LogP contribution < -0.4 is 0 Å². The minimum atomic E-state index is -4.94. The van der Waals surface area contributed by atoms with Gasteiger partial charge < -0.3 is 33.8 Å². The van der Waals surface area contributed by atoms with E-state index in [1.54, 1.807) is 0 Å². The van der Waals surface area contributed by atoms with Crippen LogP contribution in [0, 0.1) is 23.7 Å². The van der Waals surface area contributed by atoms with Crippen LogP contribution in [0.1, 0.15) is 306 Å². The van der Waals surface area contributed by atoms with Crippen LogP contribution in [0.25, 0.3) is 0 Å². The first-order valence-corrected chi connectivity index (χ1v) is 36.2. The van der Waals surface area contributed by atoms with E-state index in [0.29, 0.717) is 37.5 Å². The number of phosphoric acid groups is 2. The van der Waals surface area contributed by atoms with Crippen molar-refractivity contribution in [2.45, 2.75) is 324 Å². The van der Waals surface area contributed by atoms with Crippen LogP contribution in [0.3, 0.4) is 0 Å². The van der Waals surface area contributed by atoms with Gasteiger partial charge in [-0.2, -0.15) is 0 Å². The van der Waals surface area contributed by atoms with E-state index in [9.17, 15) is 43.2 Å². The summed E-state index contributed by atoms with van der Waals surface area (Å²) in [6.07, 6.45) is 33.7. The van der Waals surface area contributed by atoms with Crippen molar-refractivity contribution >= 4 is 39.5 Å². The Morgan fingerprint density at radius 2 is 0.506 bits per heavy atom. The topological polar surface area (TPSA) is 237 Å². The van der Waals surface area contributed by atoms with Gasteiger partial charge in [-0.1, -0.05) is 254 Å². The quantitative estimate of drug-likeness (QED) is 0.0222. The number of ether oxygens (including phenoxy) is 4. The van der Waals surface area contributed by atoms with Gasteiger partial charge in [-0.25, -0.2) is 9.13 Å². The van der Waals surface area contributed by atoms with Crippen molar-refractivity contribution in [3.8, 4) is 0 Å². The van der Waals surface area contributed by atoms with Crippen LogP contribution >= 0.6 is 15.6 Å². The molecule has 5 atom stereocenters. The van der Waals surface area contributed by atoms with Crippen molar-refractivity contribution in [3.63, 3.8) is 0 Å². The Labute approximate surface area is 505 Å². The van der Waals surface area contributed by atoms with E-state index in [1.807, 2.05) is 0 Å². The molecule has 0 aromatic carbocycles. The molecule has 83 heavy (non-hydrogen) atoms. The zero-order valence-electron chi connectivity index (χ0n) is 53.8. The Morgan fingerprint density at radius 1 is 0.301 bits per heavy atom. The van der Waals surface area contributed by atoms with Gasteiger partial charge in [-0.15, -0.1) is 0 Å². The molecule has 3 unspecified atom stereocenters. The fraction of sp³-hybridized carbons (Fsp3) is 0.938. The number of hydrogen-bond donors (Lipinski definition) is 3. The summed E-state index contributed by atoms with van der Waals surface area (Å²) in [5.41, 5.74) is 0. The Bertz CT molecular complexity index is 1660. The summed E-state index contributed by atoms with van der Waals surface area (Å²) < 4.78 is 68.0. The van der Waals surface area contributed by atoms with Gasteiger partial charge in [0.25, 0.3) is 0 Å². The molecular formula is C64H124O17P2. The molecule has 0 fully saturated rings. The second kappa shape index (κ2) is 54.2. The predicted octanol–water partition coefficient (Wildman–Crippen LogP) is 17.4. The number of esters is 4. The highest BCUT2D eigenvalue weighted by Gasteiger charge is 2.30. The SMILES string of the molecule is CC(C)CCCCCCCCCCCC(=O)OC[C@H](COP(=O)(O)OCC(O)COP(=O)(O)OC[C@@H](COC(=O)CCCCCCCCCCC(C)C)OC(=O)CCCCCCCCCC(C)C)OC(=O)CCCCCCCCCC(C)C. The molecule has 0 aromatic heterocycles. The van der Waals surface area contributed by atoms with E-state index in [1.165, 1.54) is 109 Å². The monoisotopic (exact) mass is 1230 g/mol. The summed E-state index contributed by atoms with van der Waals surface area (Å²) in [5.74, 6) is 0.719.